The third kappa shape index (κ3) is 8.30. The molecule has 0 aromatic carbocycles. The van der Waals surface area contributed by atoms with E-state index in [1.165, 1.54) is 0 Å². The van der Waals surface area contributed by atoms with Gasteiger partial charge in [0.2, 0.25) is 11.8 Å². The van der Waals surface area contributed by atoms with Crippen LogP contribution in [0.2, 0.25) is 0 Å². The molecule has 1 rings (SSSR count). The summed E-state index contributed by atoms with van der Waals surface area (Å²) in [6.45, 7) is 11.2. The van der Waals surface area contributed by atoms with Crippen molar-refractivity contribution in [2.75, 3.05) is 19.7 Å². The van der Waals surface area contributed by atoms with E-state index < -0.39 is 0 Å². The molecule has 0 radical (unpaired) electrons. The van der Waals surface area contributed by atoms with Crippen molar-refractivity contribution in [3.63, 3.8) is 0 Å². The first-order valence-corrected chi connectivity index (χ1v) is 10.5. The van der Waals surface area contributed by atoms with Gasteiger partial charge in [-0.25, -0.2) is 0 Å². The highest BCUT2D eigenvalue weighted by atomic mass is 16.5. The third-order valence-corrected chi connectivity index (χ3v) is 4.94. The van der Waals surface area contributed by atoms with Crippen LogP contribution in [0, 0.1) is 5.92 Å². The number of hydrogen-bond donors (Lipinski definition) is 0. The number of carbonyl (C=O) groups excluding carboxylic acids is 3. The van der Waals surface area contributed by atoms with E-state index in [9.17, 15) is 14.4 Å². The van der Waals surface area contributed by atoms with Gasteiger partial charge in [-0.3, -0.25) is 14.4 Å². The van der Waals surface area contributed by atoms with Crippen LogP contribution in [0.4, 0.5) is 0 Å². The largest absolute Gasteiger partial charge is 0.466 e. The molecule has 1 unspecified atom stereocenters. The Morgan fingerprint density at radius 1 is 1.10 bits per heavy atom. The van der Waals surface area contributed by atoms with Crippen LogP contribution in [0.3, 0.4) is 0 Å². The maximum Gasteiger partial charge on any atom is 0.306 e. The van der Waals surface area contributed by atoms with Crippen LogP contribution in [0.25, 0.3) is 0 Å². The lowest BCUT2D eigenvalue weighted by atomic mass is 10.1. The number of aromatic nitrogens is 1. The maximum atomic E-state index is 13.1. The Morgan fingerprint density at radius 2 is 1.79 bits per heavy atom. The van der Waals surface area contributed by atoms with Crippen molar-refractivity contribution in [1.82, 2.24) is 14.4 Å². The number of ether oxygens (including phenoxy) is 1. The lowest BCUT2D eigenvalue weighted by Gasteiger charge is -2.32. The van der Waals surface area contributed by atoms with E-state index in [1.54, 1.807) is 11.8 Å². The number of nitrogens with zero attached hydrogens (tertiary/aromatic N) is 3. The molecule has 7 heteroatoms. The van der Waals surface area contributed by atoms with Gasteiger partial charge < -0.3 is 19.1 Å². The van der Waals surface area contributed by atoms with Crippen LogP contribution in [0.5, 0.6) is 0 Å². The van der Waals surface area contributed by atoms with Gasteiger partial charge in [0.05, 0.1) is 26.1 Å². The molecule has 0 aliphatic rings. The van der Waals surface area contributed by atoms with Gasteiger partial charge in [0.25, 0.3) is 0 Å². The first-order chi connectivity index (χ1) is 13.7. The molecule has 0 aliphatic carbocycles. The molecule has 0 saturated carbocycles. The summed E-state index contributed by atoms with van der Waals surface area (Å²) >= 11 is 0. The maximum absolute atomic E-state index is 13.1. The van der Waals surface area contributed by atoms with E-state index in [1.807, 2.05) is 48.7 Å². The standard InChI is InChI=1S/C22H37N3O4/c1-7-18(5)25(20(26)11-12-22(28)29-8-2)16-21(27)24(14-17(3)4)15-19-10-9-13-23(19)6/h9-10,13,17-18H,7-8,11-12,14-16H2,1-6H3. The summed E-state index contributed by atoms with van der Waals surface area (Å²) in [6.07, 6.45) is 2.78. The highest BCUT2D eigenvalue weighted by Gasteiger charge is 2.26. The second-order valence-electron chi connectivity index (χ2n) is 7.86. The average molecular weight is 408 g/mol. The smallest absolute Gasteiger partial charge is 0.306 e. The van der Waals surface area contributed by atoms with Gasteiger partial charge in [0.15, 0.2) is 0 Å². The molecule has 1 aromatic rings. The molecule has 0 aliphatic heterocycles. The minimum atomic E-state index is -0.388. The van der Waals surface area contributed by atoms with Crippen LogP contribution in [0.1, 0.15) is 59.6 Å². The van der Waals surface area contributed by atoms with E-state index in [0.29, 0.717) is 25.6 Å². The fourth-order valence-corrected chi connectivity index (χ4v) is 3.09. The molecule has 0 saturated heterocycles. The van der Waals surface area contributed by atoms with E-state index >= 15 is 0 Å². The van der Waals surface area contributed by atoms with Gasteiger partial charge in [-0.05, 0) is 38.3 Å². The summed E-state index contributed by atoms with van der Waals surface area (Å²) in [5.74, 6) is -0.342. The van der Waals surface area contributed by atoms with E-state index in [0.717, 1.165) is 12.1 Å². The number of aryl methyl sites for hydroxylation is 1. The molecule has 1 heterocycles. The zero-order chi connectivity index (χ0) is 22.0. The Morgan fingerprint density at radius 3 is 2.31 bits per heavy atom. The molecule has 0 spiro atoms. The van der Waals surface area contributed by atoms with Gasteiger partial charge in [-0.2, -0.15) is 0 Å². The second kappa shape index (κ2) is 12.3. The Kier molecular flexibility index (Phi) is 10.5. The van der Waals surface area contributed by atoms with Crippen molar-refractivity contribution in [2.24, 2.45) is 13.0 Å². The molecule has 0 N–H and O–H groups in total. The summed E-state index contributed by atoms with van der Waals surface area (Å²) < 4.78 is 6.90. The summed E-state index contributed by atoms with van der Waals surface area (Å²) in [5, 5.41) is 0. The molecule has 1 aromatic heterocycles. The third-order valence-electron chi connectivity index (χ3n) is 4.94. The molecule has 0 bridgehead atoms. The van der Waals surface area contributed by atoms with Crippen molar-refractivity contribution in [1.29, 1.82) is 0 Å². The van der Waals surface area contributed by atoms with Gasteiger partial charge >= 0.3 is 5.97 Å². The van der Waals surface area contributed by atoms with Gasteiger partial charge in [0, 0.05) is 37.9 Å². The number of carbonyl (C=O) groups is 3. The molecule has 0 fully saturated rings. The summed E-state index contributed by atoms with van der Waals surface area (Å²) in [7, 11) is 1.96. The van der Waals surface area contributed by atoms with Gasteiger partial charge in [-0.15, -0.1) is 0 Å². The van der Waals surface area contributed by atoms with E-state index in [-0.39, 0.29) is 43.2 Å². The summed E-state index contributed by atoms with van der Waals surface area (Å²) in [4.78, 5) is 40.9. The molecule has 7 nitrogen and oxygen atoms in total. The summed E-state index contributed by atoms with van der Waals surface area (Å²) in [6, 6.07) is 3.87. The normalized spacial score (nSPS) is 12.0. The zero-order valence-corrected chi connectivity index (χ0v) is 18.8. The Labute approximate surface area is 175 Å². The predicted octanol–water partition coefficient (Wildman–Crippen LogP) is 2.98. The Hall–Kier alpha value is -2.31. The SMILES string of the molecule is CCOC(=O)CCC(=O)N(CC(=O)N(Cc1cccn1C)CC(C)C)C(C)CC. The lowest BCUT2D eigenvalue weighted by molar-refractivity contribution is -0.147. The van der Waals surface area contributed by atoms with Crippen LogP contribution < -0.4 is 0 Å². The van der Waals surface area contributed by atoms with Gasteiger partial charge in [-0.1, -0.05) is 20.8 Å². The van der Waals surface area contributed by atoms with Crippen molar-refractivity contribution >= 4 is 17.8 Å². The van der Waals surface area contributed by atoms with Crippen molar-refractivity contribution in [2.45, 2.75) is 66.5 Å². The van der Waals surface area contributed by atoms with Crippen molar-refractivity contribution in [3.8, 4) is 0 Å². The molecule has 164 valence electrons. The minimum absolute atomic E-state index is 0.0216. The van der Waals surface area contributed by atoms with Crippen LogP contribution in [-0.2, 0) is 32.7 Å². The molecular formula is C22H37N3O4. The van der Waals surface area contributed by atoms with E-state index in [4.69, 9.17) is 4.74 Å². The minimum Gasteiger partial charge on any atom is -0.466 e. The number of amides is 2. The quantitative estimate of drug-likeness (QED) is 0.500. The first-order valence-electron chi connectivity index (χ1n) is 10.5. The Balaban J connectivity index is 2.87. The summed E-state index contributed by atoms with van der Waals surface area (Å²) in [5.41, 5.74) is 1.04. The number of rotatable bonds is 12. The van der Waals surface area contributed by atoms with E-state index in [2.05, 4.69) is 13.8 Å². The second-order valence-corrected chi connectivity index (χ2v) is 7.86. The zero-order valence-electron chi connectivity index (χ0n) is 18.8. The number of hydrogen-bond acceptors (Lipinski definition) is 4. The van der Waals surface area contributed by atoms with Gasteiger partial charge in [0.1, 0.15) is 0 Å². The first kappa shape index (κ1) is 24.7. The van der Waals surface area contributed by atoms with Crippen LogP contribution in [-0.4, -0.2) is 57.9 Å². The molecule has 1 atom stereocenters. The molecular weight excluding hydrogens is 370 g/mol. The fraction of sp³-hybridized carbons (Fsp3) is 0.682. The lowest BCUT2D eigenvalue weighted by Crippen LogP contribution is -2.47. The van der Waals surface area contributed by atoms with Crippen LogP contribution >= 0.6 is 0 Å². The number of esters is 1. The van der Waals surface area contributed by atoms with Crippen molar-refractivity contribution < 1.29 is 19.1 Å². The Bertz CT molecular complexity index is 669. The van der Waals surface area contributed by atoms with Crippen molar-refractivity contribution in [3.05, 3.63) is 24.0 Å². The predicted molar refractivity (Wildman–Crippen MR) is 113 cm³/mol. The monoisotopic (exact) mass is 407 g/mol. The van der Waals surface area contributed by atoms with Crippen LogP contribution in [0.15, 0.2) is 18.3 Å². The topological polar surface area (TPSA) is 71.8 Å². The molecule has 2 amide bonds. The fourth-order valence-electron chi connectivity index (χ4n) is 3.09. The highest BCUT2D eigenvalue weighted by molar-refractivity contribution is 5.86. The highest BCUT2D eigenvalue weighted by Crippen LogP contribution is 2.13. The molecule has 29 heavy (non-hydrogen) atoms. The average Bonchev–Trinajstić information content (AvgIpc) is 3.07.